The molecule has 1 heterocycles. The van der Waals surface area contributed by atoms with Crippen molar-refractivity contribution in [3.63, 3.8) is 0 Å². The molecule has 8 heteroatoms. The summed E-state index contributed by atoms with van der Waals surface area (Å²) in [5.74, 6) is -0.806. The number of benzene rings is 2. The number of nitro groups is 1. The molecular weight excluding hydrogens is 386 g/mol. The van der Waals surface area contributed by atoms with Gasteiger partial charge in [0.2, 0.25) is 0 Å². The summed E-state index contributed by atoms with van der Waals surface area (Å²) < 4.78 is 5.32. The second kappa shape index (κ2) is 9.32. The molecular formula is C22H23N3O5. The van der Waals surface area contributed by atoms with Gasteiger partial charge in [-0.25, -0.2) is 0 Å². The maximum Gasteiger partial charge on any atom is 0.278 e. The Labute approximate surface area is 174 Å². The zero-order valence-corrected chi connectivity index (χ0v) is 16.9. The molecule has 0 N–H and O–H groups in total. The van der Waals surface area contributed by atoms with Gasteiger partial charge in [0, 0.05) is 44.6 Å². The predicted molar refractivity (Wildman–Crippen MR) is 113 cm³/mol. The molecule has 1 aliphatic heterocycles. The van der Waals surface area contributed by atoms with Crippen molar-refractivity contribution in [1.82, 2.24) is 4.90 Å². The number of rotatable bonds is 9. The number of carbonyl (C=O) groups is 2. The van der Waals surface area contributed by atoms with Crippen LogP contribution in [-0.2, 0) is 14.3 Å². The average Bonchev–Trinajstić information content (AvgIpc) is 3.01. The van der Waals surface area contributed by atoms with E-state index in [0.717, 1.165) is 5.69 Å². The summed E-state index contributed by atoms with van der Waals surface area (Å²) in [6, 6.07) is 14.9. The molecule has 2 aromatic carbocycles. The van der Waals surface area contributed by atoms with Crippen LogP contribution in [-0.4, -0.2) is 48.4 Å². The lowest BCUT2D eigenvalue weighted by Crippen LogP contribution is -2.35. The van der Waals surface area contributed by atoms with Gasteiger partial charge in [0.15, 0.2) is 0 Å². The molecule has 0 fully saturated rings. The second-order valence-electron chi connectivity index (χ2n) is 6.73. The van der Waals surface area contributed by atoms with Crippen molar-refractivity contribution in [2.75, 3.05) is 31.7 Å². The molecule has 0 spiro atoms. The monoisotopic (exact) mass is 409 g/mol. The van der Waals surface area contributed by atoms with Crippen LogP contribution in [0.1, 0.15) is 18.9 Å². The highest BCUT2D eigenvalue weighted by Crippen LogP contribution is 2.34. The van der Waals surface area contributed by atoms with Crippen LogP contribution in [0.5, 0.6) is 0 Å². The molecule has 0 saturated carbocycles. The Morgan fingerprint density at radius 1 is 1.03 bits per heavy atom. The van der Waals surface area contributed by atoms with Crippen molar-refractivity contribution in [2.45, 2.75) is 13.3 Å². The van der Waals surface area contributed by atoms with Crippen molar-refractivity contribution in [3.05, 3.63) is 76.0 Å². The molecule has 0 bridgehead atoms. The van der Waals surface area contributed by atoms with E-state index in [1.807, 2.05) is 37.3 Å². The van der Waals surface area contributed by atoms with Crippen molar-refractivity contribution in [3.8, 4) is 0 Å². The number of hydrogen-bond acceptors (Lipinski definition) is 6. The molecule has 3 rings (SSSR count). The van der Waals surface area contributed by atoms with E-state index in [4.69, 9.17) is 4.74 Å². The maximum absolute atomic E-state index is 13.2. The molecule has 0 aliphatic carbocycles. The van der Waals surface area contributed by atoms with E-state index < -0.39 is 16.7 Å². The van der Waals surface area contributed by atoms with Gasteiger partial charge in [0.05, 0.1) is 10.5 Å². The van der Waals surface area contributed by atoms with Crippen LogP contribution in [0.15, 0.2) is 60.3 Å². The van der Waals surface area contributed by atoms with Crippen molar-refractivity contribution < 1.29 is 19.2 Å². The Kier molecular flexibility index (Phi) is 6.58. The number of hydrogen-bond donors (Lipinski definition) is 0. The summed E-state index contributed by atoms with van der Waals surface area (Å²) in [5, 5.41) is 11.0. The quantitative estimate of drug-likeness (QED) is 0.273. The van der Waals surface area contributed by atoms with E-state index in [-0.39, 0.29) is 23.5 Å². The Bertz CT molecular complexity index is 970. The third-order valence-corrected chi connectivity index (χ3v) is 4.86. The van der Waals surface area contributed by atoms with Gasteiger partial charge in [-0.1, -0.05) is 18.2 Å². The lowest BCUT2D eigenvalue weighted by Gasteiger charge is -2.21. The molecule has 0 atom stereocenters. The highest BCUT2D eigenvalue weighted by molar-refractivity contribution is 6.36. The number of ether oxygens (including phenoxy) is 1. The number of non-ortho nitro benzene ring substituents is 1. The summed E-state index contributed by atoms with van der Waals surface area (Å²) >= 11 is 0. The Morgan fingerprint density at radius 3 is 2.30 bits per heavy atom. The molecule has 8 nitrogen and oxygen atoms in total. The first-order valence-electron chi connectivity index (χ1n) is 9.67. The first kappa shape index (κ1) is 21.2. The smallest absolute Gasteiger partial charge is 0.278 e. The van der Waals surface area contributed by atoms with E-state index in [1.54, 1.807) is 11.9 Å². The molecule has 0 radical (unpaired) electrons. The highest BCUT2D eigenvalue weighted by atomic mass is 16.6. The molecule has 156 valence electrons. The van der Waals surface area contributed by atoms with Gasteiger partial charge < -0.3 is 9.64 Å². The highest BCUT2D eigenvalue weighted by Gasteiger charge is 2.40. The minimum atomic E-state index is -0.503. The number of nitrogens with zero attached hydrogens (tertiary/aromatic N) is 3. The third-order valence-electron chi connectivity index (χ3n) is 4.86. The van der Waals surface area contributed by atoms with Crippen LogP contribution in [0.25, 0.3) is 5.57 Å². The number of amides is 2. The Balaban J connectivity index is 2.00. The fourth-order valence-electron chi connectivity index (χ4n) is 3.34. The largest absolute Gasteiger partial charge is 0.382 e. The maximum atomic E-state index is 13.2. The standard InChI is InChI=1S/C22H23N3O5/c1-3-30-15-7-14-24-21(26)19(16-10-12-18(13-11-16)25(28)29)20(22(24)27)23(2)17-8-5-4-6-9-17/h4-6,8-13H,3,7,14-15H2,1-2H3. The van der Waals surface area contributed by atoms with Crippen molar-refractivity contribution in [2.24, 2.45) is 0 Å². The van der Waals surface area contributed by atoms with Gasteiger partial charge in [-0.05, 0) is 43.2 Å². The van der Waals surface area contributed by atoms with Crippen molar-refractivity contribution in [1.29, 1.82) is 0 Å². The summed E-state index contributed by atoms with van der Waals surface area (Å²) in [6.45, 7) is 3.13. The lowest BCUT2D eigenvalue weighted by atomic mass is 10.0. The summed E-state index contributed by atoms with van der Waals surface area (Å²) in [7, 11) is 1.73. The fourth-order valence-corrected chi connectivity index (χ4v) is 3.34. The van der Waals surface area contributed by atoms with Gasteiger partial charge in [-0.15, -0.1) is 0 Å². The number of anilines is 1. The minimum Gasteiger partial charge on any atom is -0.382 e. The molecule has 2 aromatic rings. The van der Waals surface area contributed by atoms with E-state index >= 15 is 0 Å². The van der Waals surface area contributed by atoms with Crippen LogP contribution >= 0.6 is 0 Å². The Hall–Kier alpha value is -3.52. The molecule has 0 unspecified atom stereocenters. The summed E-state index contributed by atoms with van der Waals surface area (Å²) in [6.07, 6.45) is 0.529. The van der Waals surface area contributed by atoms with E-state index in [2.05, 4.69) is 0 Å². The summed E-state index contributed by atoms with van der Waals surface area (Å²) in [5.41, 5.74) is 1.62. The van der Waals surface area contributed by atoms with Gasteiger partial charge in [-0.3, -0.25) is 24.6 Å². The Morgan fingerprint density at radius 2 is 1.70 bits per heavy atom. The number of nitro benzene ring substituents is 1. The fraction of sp³-hybridized carbons (Fsp3) is 0.273. The number of imide groups is 1. The topological polar surface area (TPSA) is 93.0 Å². The molecule has 2 amide bonds. The van der Waals surface area contributed by atoms with Crippen LogP contribution in [0.2, 0.25) is 0 Å². The predicted octanol–water partition coefficient (Wildman–Crippen LogP) is 3.24. The minimum absolute atomic E-state index is 0.0809. The van der Waals surface area contributed by atoms with E-state index in [1.165, 1.54) is 29.2 Å². The third kappa shape index (κ3) is 4.23. The molecule has 0 saturated heterocycles. The average molecular weight is 409 g/mol. The first-order valence-corrected chi connectivity index (χ1v) is 9.67. The normalized spacial score (nSPS) is 13.9. The van der Waals surface area contributed by atoms with Crippen molar-refractivity contribution >= 4 is 28.8 Å². The molecule has 30 heavy (non-hydrogen) atoms. The lowest BCUT2D eigenvalue weighted by molar-refractivity contribution is -0.384. The zero-order chi connectivity index (χ0) is 21.7. The summed E-state index contributed by atoms with van der Waals surface area (Å²) in [4.78, 5) is 39.8. The van der Waals surface area contributed by atoms with Crippen LogP contribution in [0.4, 0.5) is 11.4 Å². The SMILES string of the molecule is CCOCCCN1C(=O)C(c2ccc([N+](=O)[O-])cc2)=C(N(C)c2ccccc2)C1=O. The second-order valence-corrected chi connectivity index (χ2v) is 6.73. The van der Waals surface area contributed by atoms with Crippen LogP contribution in [0, 0.1) is 10.1 Å². The van der Waals surface area contributed by atoms with Gasteiger partial charge in [0.1, 0.15) is 5.70 Å². The van der Waals surface area contributed by atoms with Gasteiger partial charge in [-0.2, -0.15) is 0 Å². The number of para-hydroxylation sites is 1. The van der Waals surface area contributed by atoms with E-state index in [9.17, 15) is 19.7 Å². The van der Waals surface area contributed by atoms with E-state index in [0.29, 0.717) is 25.2 Å². The molecule has 1 aliphatic rings. The zero-order valence-electron chi connectivity index (χ0n) is 16.9. The first-order chi connectivity index (χ1) is 14.5. The van der Waals surface area contributed by atoms with Gasteiger partial charge >= 0.3 is 0 Å². The number of carbonyl (C=O) groups excluding carboxylic acids is 2. The van der Waals surface area contributed by atoms with Crippen LogP contribution in [0.3, 0.4) is 0 Å². The van der Waals surface area contributed by atoms with Gasteiger partial charge in [0.25, 0.3) is 17.5 Å². The number of likely N-dealkylation sites (N-methyl/N-ethyl adjacent to an activating group) is 1. The molecule has 0 aromatic heterocycles. The van der Waals surface area contributed by atoms with Crippen LogP contribution < -0.4 is 4.90 Å².